The van der Waals surface area contributed by atoms with Gasteiger partial charge in [-0.25, -0.2) is 4.79 Å². The minimum atomic E-state index is -0.983. The van der Waals surface area contributed by atoms with Crippen molar-refractivity contribution in [3.05, 3.63) is 70.8 Å². The lowest BCUT2D eigenvalue weighted by Gasteiger charge is -2.37. The molecule has 3 rings (SSSR count). The van der Waals surface area contributed by atoms with E-state index in [1.807, 2.05) is 12.1 Å². The Morgan fingerprint density at radius 1 is 0.900 bits per heavy atom. The number of carboxylic acids is 2. The molecule has 0 aliphatic heterocycles. The van der Waals surface area contributed by atoms with E-state index < -0.39 is 17.9 Å². The zero-order valence-electron chi connectivity index (χ0n) is 18.1. The predicted molar refractivity (Wildman–Crippen MR) is 118 cm³/mol. The van der Waals surface area contributed by atoms with E-state index in [1.54, 1.807) is 12.1 Å². The molecule has 0 amide bonds. The van der Waals surface area contributed by atoms with Crippen LogP contribution in [0.25, 0.3) is 0 Å². The maximum absolute atomic E-state index is 11.9. The highest BCUT2D eigenvalue weighted by Crippen LogP contribution is 2.43. The summed E-state index contributed by atoms with van der Waals surface area (Å²) in [6, 6.07) is 14.5. The highest BCUT2D eigenvalue weighted by molar-refractivity contribution is 5.87. The summed E-state index contributed by atoms with van der Waals surface area (Å²) in [7, 11) is 0. The van der Waals surface area contributed by atoms with Gasteiger partial charge < -0.3 is 10.2 Å². The van der Waals surface area contributed by atoms with Crippen LogP contribution in [0.3, 0.4) is 0 Å². The van der Waals surface area contributed by atoms with Gasteiger partial charge in [0.05, 0.1) is 11.5 Å². The minimum Gasteiger partial charge on any atom is -0.481 e. The van der Waals surface area contributed by atoms with Gasteiger partial charge in [0.25, 0.3) is 0 Å². The molecule has 160 valence electrons. The van der Waals surface area contributed by atoms with E-state index in [-0.39, 0.29) is 5.56 Å². The van der Waals surface area contributed by atoms with Gasteiger partial charge in [-0.1, -0.05) is 57.2 Å². The fourth-order valence-electron chi connectivity index (χ4n) is 4.66. The second-order valence-corrected chi connectivity index (χ2v) is 9.68. The summed E-state index contributed by atoms with van der Waals surface area (Å²) in [4.78, 5) is 22.9. The first-order valence-corrected chi connectivity index (χ1v) is 10.8. The average Bonchev–Trinajstić information content (AvgIpc) is 2.72. The van der Waals surface area contributed by atoms with Crippen molar-refractivity contribution in [2.75, 3.05) is 0 Å². The van der Waals surface area contributed by atoms with Crippen LogP contribution in [0.15, 0.2) is 48.5 Å². The zero-order chi connectivity index (χ0) is 21.9. The normalized spacial score (nSPS) is 20.5. The van der Waals surface area contributed by atoms with E-state index in [0.29, 0.717) is 17.8 Å². The molecule has 2 N–H and O–H groups in total. The summed E-state index contributed by atoms with van der Waals surface area (Å²) < 4.78 is 0. The van der Waals surface area contributed by atoms with Crippen molar-refractivity contribution >= 4 is 11.9 Å². The molecule has 30 heavy (non-hydrogen) atoms. The van der Waals surface area contributed by atoms with Crippen LogP contribution in [0.2, 0.25) is 0 Å². The van der Waals surface area contributed by atoms with Crippen molar-refractivity contribution in [3.8, 4) is 0 Å². The quantitative estimate of drug-likeness (QED) is 0.604. The van der Waals surface area contributed by atoms with Crippen molar-refractivity contribution < 1.29 is 19.8 Å². The molecule has 0 saturated heterocycles. The Balaban J connectivity index is 1.68. The first kappa shape index (κ1) is 22.1. The largest absolute Gasteiger partial charge is 0.481 e. The van der Waals surface area contributed by atoms with E-state index in [4.69, 9.17) is 5.11 Å². The van der Waals surface area contributed by atoms with Crippen molar-refractivity contribution in [3.63, 3.8) is 0 Å². The third-order valence-electron chi connectivity index (χ3n) is 6.70. The molecule has 0 radical (unpaired) electrons. The molecule has 1 saturated carbocycles. The number of aliphatic carboxylic acids is 1. The molecule has 0 heterocycles. The number of hydrogen-bond acceptors (Lipinski definition) is 2. The molecule has 4 nitrogen and oxygen atoms in total. The number of hydrogen-bond donors (Lipinski definition) is 2. The Morgan fingerprint density at radius 3 is 1.93 bits per heavy atom. The Hall–Kier alpha value is -2.62. The molecular formula is C26H32O4. The van der Waals surface area contributed by atoms with Gasteiger partial charge >= 0.3 is 11.9 Å². The SMILES string of the molecule is CC(C)(C)C1CCC(c2ccc(C(Cc3ccc(C(=O)O)cc3)C(=O)O)cc2)CC1. The lowest BCUT2D eigenvalue weighted by molar-refractivity contribution is -0.138. The molecule has 2 aromatic rings. The van der Waals surface area contributed by atoms with Crippen molar-refractivity contribution in [2.45, 2.75) is 64.7 Å². The van der Waals surface area contributed by atoms with Gasteiger partial charge in [0.1, 0.15) is 0 Å². The maximum atomic E-state index is 11.9. The fraction of sp³-hybridized carbons (Fsp3) is 0.462. The molecule has 1 aliphatic carbocycles. The first-order chi connectivity index (χ1) is 14.1. The molecule has 4 heteroatoms. The maximum Gasteiger partial charge on any atom is 0.335 e. The van der Waals surface area contributed by atoms with Crippen LogP contribution >= 0.6 is 0 Å². The van der Waals surface area contributed by atoms with Crippen LogP contribution in [0, 0.1) is 11.3 Å². The van der Waals surface area contributed by atoms with Crippen molar-refractivity contribution in [2.24, 2.45) is 11.3 Å². The van der Waals surface area contributed by atoms with Crippen LogP contribution in [-0.4, -0.2) is 22.2 Å². The van der Waals surface area contributed by atoms with Gasteiger partial charge in [0.15, 0.2) is 0 Å². The number of aromatic carboxylic acids is 1. The molecule has 0 spiro atoms. The summed E-state index contributed by atoms with van der Waals surface area (Å²) in [5.74, 6) is -1.16. The summed E-state index contributed by atoms with van der Waals surface area (Å²) >= 11 is 0. The van der Waals surface area contributed by atoms with Gasteiger partial charge in [-0.05, 0) is 78.2 Å². The molecule has 1 aliphatic rings. The van der Waals surface area contributed by atoms with Gasteiger partial charge in [-0.3, -0.25) is 4.79 Å². The monoisotopic (exact) mass is 408 g/mol. The van der Waals surface area contributed by atoms with Gasteiger partial charge in [-0.2, -0.15) is 0 Å². The molecule has 1 atom stereocenters. The fourth-order valence-corrected chi connectivity index (χ4v) is 4.66. The van der Waals surface area contributed by atoms with E-state index in [2.05, 4.69) is 32.9 Å². The Bertz CT molecular complexity index is 867. The van der Waals surface area contributed by atoms with Crippen LogP contribution in [-0.2, 0) is 11.2 Å². The smallest absolute Gasteiger partial charge is 0.335 e. The average molecular weight is 409 g/mol. The molecule has 1 fully saturated rings. The van der Waals surface area contributed by atoms with Crippen LogP contribution in [0.5, 0.6) is 0 Å². The van der Waals surface area contributed by atoms with Crippen LogP contribution in [0.4, 0.5) is 0 Å². The van der Waals surface area contributed by atoms with E-state index in [9.17, 15) is 14.7 Å². The number of carboxylic acid groups (broad SMARTS) is 2. The van der Waals surface area contributed by atoms with Gasteiger partial charge in [0.2, 0.25) is 0 Å². The van der Waals surface area contributed by atoms with Crippen molar-refractivity contribution in [1.29, 1.82) is 0 Å². The number of carbonyl (C=O) groups is 2. The standard InChI is InChI=1S/C26H32O4/c1-26(2,3)22-14-12-19(13-15-22)18-8-10-20(11-9-18)23(25(29)30)16-17-4-6-21(7-5-17)24(27)28/h4-11,19,22-23H,12-16H2,1-3H3,(H,27,28)(H,29,30). The van der Waals surface area contributed by atoms with E-state index in [1.165, 1.54) is 43.4 Å². The molecule has 2 aromatic carbocycles. The van der Waals surface area contributed by atoms with Crippen molar-refractivity contribution in [1.82, 2.24) is 0 Å². The molecule has 1 unspecified atom stereocenters. The third kappa shape index (κ3) is 5.29. The summed E-state index contributed by atoms with van der Waals surface area (Å²) in [5, 5.41) is 18.8. The van der Waals surface area contributed by atoms with Crippen LogP contribution < -0.4 is 0 Å². The Labute approximate surface area is 179 Å². The first-order valence-electron chi connectivity index (χ1n) is 10.8. The number of benzene rings is 2. The van der Waals surface area contributed by atoms with E-state index >= 15 is 0 Å². The lowest BCUT2D eigenvalue weighted by Crippen LogP contribution is -2.25. The van der Waals surface area contributed by atoms with Gasteiger partial charge in [0, 0.05) is 0 Å². The number of rotatable bonds is 6. The molecule has 0 aromatic heterocycles. The van der Waals surface area contributed by atoms with E-state index in [0.717, 1.165) is 17.0 Å². The van der Waals surface area contributed by atoms with Gasteiger partial charge in [-0.15, -0.1) is 0 Å². The Morgan fingerprint density at radius 2 is 1.47 bits per heavy atom. The third-order valence-corrected chi connectivity index (χ3v) is 6.70. The predicted octanol–water partition coefficient (Wildman–Crippen LogP) is 6.12. The summed E-state index contributed by atoms with van der Waals surface area (Å²) in [6.45, 7) is 6.98. The summed E-state index contributed by atoms with van der Waals surface area (Å²) in [5.41, 5.74) is 3.48. The zero-order valence-corrected chi connectivity index (χ0v) is 18.1. The molecular weight excluding hydrogens is 376 g/mol. The topological polar surface area (TPSA) is 74.6 Å². The summed E-state index contributed by atoms with van der Waals surface area (Å²) in [6.07, 6.45) is 5.23. The Kier molecular flexibility index (Phi) is 6.64. The van der Waals surface area contributed by atoms with Crippen LogP contribution in [0.1, 0.15) is 85.3 Å². The second-order valence-electron chi connectivity index (χ2n) is 9.68. The highest BCUT2D eigenvalue weighted by atomic mass is 16.4. The second kappa shape index (κ2) is 9.03. The highest BCUT2D eigenvalue weighted by Gasteiger charge is 2.30. The minimum absolute atomic E-state index is 0.205. The lowest BCUT2D eigenvalue weighted by atomic mass is 9.68. The molecule has 0 bridgehead atoms.